The van der Waals surface area contributed by atoms with Crippen molar-refractivity contribution in [2.75, 3.05) is 6.54 Å². The van der Waals surface area contributed by atoms with Crippen LogP contribution in [0, 0.1) is 20.8 Å². The van der Waals surface area contributed by atoms with Gasteiger partial charge in [-0.05, 0) is 41.0 Å². The van der Waals surface area contributed by atoms with Gasteiger partial charge in [0.05, 0.1) is 28.1 Å². The molecule has 134 valence electrons. The lowest BCUT2D eigenvalue weighted by Crippen LogP contribution is -2.27. The van der Waals surface area contributed by atoms with Gasteiger partial charge in [0, 0.05) is 19.3 Å². The van der Waals surface area contributed by atoms with E-state index in [0.717, 1.165) is 11.4 Å². The summed E-state index contributed by atoms with van der Waals surface area (Å²) in [6, 6.07) is 0.0401. The van der Waals surface area contributed by atoms with E-state index < -0.39 is 10.0 Å². The van der Waals surface area contributed by atoms with Crippen LogP contribution >= 0.6 is 11.6 Å². The van der Waals surface area contributed by atoms with Crippen LogP contribution in [-0.2, 0) is 16.6 Å². The summed E-state index contributed by atoms with van der Waals surface area (Å²) in [5.41, 5.74) is 2.18. The SMILES string of the molecule is CCn1cc(S(=O)(=O)NCCC(C)n2nc(C)c(Cl)c2C)c(C)n1. The second-order valence-electron chi connectivity index (χ2n) is 5.90. The summed E-state index contributed by atoms with van der Waals surface area (Å²) in [5.74, 6) is 0. The van der Waals surface area contributed by atoms with E-state index in [1.54, 1.807) is 17.8 Å². The van der Waals surface area contributed by atoms with Gasteiger partial charge in [0.1, 0.15) is 4.90 Å². The number of halogens is 1. The fraction of sp³-hybridized carbons (Fsp3) is 0.600. The topological polar surface area (TPSA) is 81.8 Å². The van der Waals surface area contributed by atoms with E-state index in [0.29, 0.717) is 30.2 Å². The van der Waals surface area contributed by atoms with Crippen molar-refractivity contribution in [2.45, 2.75) is 58.5 Å². The zero-order valence-corrected chi connectivity index (χ0v) is 16.2. The number of aromatic nitrogens is 4. The molecule has 2 rings (SSSR count). The Hall–Kier alpha value is -1.38. The molecule has 1 unspecified atom stereocenters. The van der Waals surface area contributed by atoms with Gasteiger partial charge >= 0.3 is 0 Å². The molecule has 2 heterocycles. The summed E-state index contributed by atoms with van der Waals surface area (Å²) in [4.78, 5) is 0.228. The Balaban J connectivity index is 2.02. The van der Waals surface area contributed by atoms with Gasteiger partial charge in [-0.2, -0.15) is 10.2 Å². The first-order valence-electron chi connectivity index (χ1n) is 7.92. The third kappa shape index (κ3) is 3.81. The lowest BCUT2D eigenvalue weighted by Gasteiger charge is -2.14. The second kappa shape index (κ2) is 7.25. The number of nitrogens with zero attached hydrogens (tertiary/aromatic N) is 4. The lowest BCUT2D eigenvalue weighted by atomic mass is 10.2. The molecule has 1 N–H and O–H groups in total. The molecule has 0 aliphatic heterocycles. The average molecular weight is 374 g/mol. The van der Waals surface area contributed by atoms with Gasteiger partial charge < -0.3 is 0 Å². The summed E-state index contributed by atoms with van der Waals surface area (Å²) in [6.45, 7) is 10.3. The van der Waals surface area contributed by atoms with E-state index in [1.165, 1.54) is 0 Å². The zero-order chi connectivity index (χ0) is 18.1. The Morgan fingerprint density at radius 3 is 2.42 bits per heavy atom. The summed E-state index contributed by atoms with van der Waals surface area (Å²) in [6.07, 6.45) is 2.17. The minimum absolute atomic E-state index is 0.0401. The summed E-state index contributed by atoms with van der Waals surface area (Å²) >= 11 is 6.16. The highest BCUT2D eigenvalue weighted by molar-refractivity contribution is 7.89. The number of rotatable bonds is 7. The minimum atomic E-state index is -3.56. The maximum atomic E-state index is 12.4. The third-order valence-electron chi connectivity index (χ3n) is 4.02. The smallest absolute Gasteiger partial charge is 0.243 e. The molecule has 24 heavy (non-hydrogen) atoms. The molecule has 0 aromatic carbocycles. The van der Waals surface area contributed by atoms with Gasteiger partial charge in [0.25, 0.3) is 0 Å². The molecule has 1 atom stereocenters. The molecular weight excluding hydrogens is 350 g/mol. The Kier molecular flexibility index (Phi) is 5.72. The molecule has 2 aromatic rings. The molecule has 0 aliphatic rings. The predicted molar refractivity (Wildman–Crippen MR) is 93.9 cm³/mol. The van der Waals surface area contributed by atoms with Gasteiger partial charge in [0.2, 0.25) is 10.0 Å². The zero-order valence-electron chi connectivity index (χ0n) is 14.7. The Morgan fingerprint density at radius 1 is 1.25 bits per heavy atom. The van der Waals surface area contributed by atoms with E-state index in [1.807, 2.05) is 32.4 Å². The van der Waals surface area contributed by atoms with Crippen molar-refractivity contribution in [3.63, 3.8) is 0 Å². The van der Waals surface area contributed by atoms with Crippen molar-refractivity contribution < 1.29 is 8.42 Å². The van der Waals surface area contributed by atoms with Crippen LogP contribution in [0.4, 0.5) is 0 Å². The van der Waals surface area contributed by atoms with Gasteiger partial charge in [0.15, 0.2) is 0 Å². The van der Waals surface area contributed by atoms with Crippen LogP contribution in [0.5, 0.6) is 0 Å². The predicted octanol–water partition coefficient (Wildman–Crippen LogP) is 2.61. The highest BCUT2D eigenvalue weighted by Crippen LogP contribution is 2.23. The maximum absolute atomic E-state index is 12.4. The van der Waals surface area contributed by atoms with Crippen molar-refractivity contribution in [3.8, 4) is 0 Å². The largest absolute Gasteiger partial charge is 0.271 e. The highest BCUT2D eigenvalue weighted by atomic mass is 35.5. The van der Waals surface area contributed by atoms with Crippen molar-refractivity contribution in [1.82, 2.24) is 24.3 Å². The van der Waals surface area contributed by atoms with Crippen molar-refractivity contribution in [1.29, 1.82) is 0 Å². The van der Waals surface area contributed by atoms with Crippen molar-refractivity contribution in [3.05, 3.63) is 28.3 Å². The molecule has 9 heteroatoms. The normalized spacial score (nSPS) is 13.4. The van der Waals surface area contributed by atoms with E-state index >= 15 is 0 Å². The Bertz CT molecular complexity index is 825. The van der Waals surface area contributed by atoms with Gasteiger partial charge in [-0.1, -0.05) is 11.6 Å². The van der Waals surface area contributed by atoms with Gasteiger partial charge in [-0.3, -0.25) is 9.36 Å². The fourth-order valence-corrected chi connectivity index (χ4v) is 3.96. The van der Waals surface area contributed by atoms with Crippen molar-refractivity contribution in [2.24, 2.45) is 0 Å². The molecule has 0 saturated carbocycles. The van der Waals surface area contributed by atoms with Crippen LogP contribution in [0.1, 0.15) is 43.4 Å². The van der Waals surface area contributed by atoms with E-state index in [9.17, 15) is 8.42 Å². The van der Waals surface area contributed by atoms with Crippen LogP contribution in [0.15, 0.2) is 11.1 Å². The van der Waals surface area contributed by atoms with E-state index in [-0.39, 0.29) is 10.9 Å². The molecule has 0 radical (unpaired) electrons. The van der Waals surface area contributed by atoms with Crippen LogP contribution in [0.3, 0.4) is 0 Å². The molecule has 0 amide bonds. The van der Waals surface area contributed by atoms with Crippen molar-refractivity contribution >= 4 is 21.6 Å². The fourth-order valence-electron chi connectivity index (χ4n) is 2.60. The third-order valence-corrected chi connectivity index (χ3v) is 6.13. The molecule has 0 saturated heterocycles. The minimum Gasteiger partial charge on any atom is -0.271 e. The molecule has 7 nitrogen and oxygen atoms in total. The number of aryl methyl sites for hydroxylation is 3. The molecule has 0 spiro atoms. The van der Waals surface area contributed by atoms with Crippen LogP contribution in [-0.4, -0.2) is 34.5 Å². The van der Waals surface area contributed by atoms with E-state index in [2.05, 4.69) is 14.9 Å². The summed E-state index contributed by atoms with van der Waals surface area (Å²) in [5, 5.41) is 9.24. The van der Waals surface area contributed by atoms with Crippen LogP contribution in [0.2, 0.25) is 5.02 Å². The Morgan fingerprint density at radius 2 is 1.92 bits per heavy atom. The average Bonchev–Trinajstić information content (AvgIpc) is 3.02. The number of hydrogen-bond acceptors (Lipinski definition) is 4. The number of hydrogen-bond donors (Lipinski definition) is 1. The van der Waals surface area contributed by atoms with Crippen LogP contribution in [0.25, 0.3) is 0 Å². The number of sulfonamides is 1. The van der Waals surface area contributed by atoms with Crippen LogP contribution < -0.4 is 4.72 Å². The molecule has 0 aliphatic carbocycles. The summed E-state index contributed by atoms with van der Waals surface area (Å²) in [7, 11) is -3.56. The lowest BCUT2D eigenvalue weighted by molar-refractivity contribution is 0.446. The van der Waals surface area contributed by atoms with Gasteiger partial charge in [-0.15, -0.1) is 0 Å². The first-order valence-corrected chi connectivity index (χ1v) is 9.78. The maximum Gasteiger partial charge on any atom is 0.243 e. The first-order chi connectivity index (χ1) is 11.2. The molecule has 2 aromatic heterocycles. The van der Waals surface area contributed by atoms with Gasteiger partial charge in [-0.25, -0.2) is 13.1 Å². The first kappa shape index (κ1) is 19.0. The number of nitrogens with one attached hydrogen (secondary N) is 1. The second-order valence-corrected chi connectivity index (χ2v) is 8.01. The molecular formula is C15H24ClN5O2S. The monoisotopic (exact) mass is 373 g/mol. The summed E-state index contributed by atoms with van der Waals surface area (Å²) < 4.78 is 30.9. The van der Waals surface area contributed by atoms with E-state index in [4.69, 9.17) is 11.6 Å². The standard InChI is InChI=1S/C15H24ClN5O2S/c1-6-20-9-14(11(3)18-20)24(22,23)17-8-7-10(2)21-13(5)15(16)12(4)19-21/h9-10,17H,6-8H2,1-5H3. The molecule has 0 fully saturated rings. The highest BCUT2D eigenvalue weighted by Gasteiger charge is 2.21. The molecule has 0 bridgehead atoms. The Labute approximate surface area is 148 Å². The quantitative estimate of drug-likeness (QED) is 0.808.